The molecule has 0 N–H and O–H groups in total. The van der Waals surface area contributed by atoms with Crippen LogP contribution >= 0.6 is 0 Å². The van der Waals surface area contributed by atoms with E-state index in [1.807, 2.05) is 45.0 Å². The summed E-state index contributed by atoms with van der Waals surface area (Å²) >= 11 is 0. The molecule has 0 spiro atoms. The first-order chi connectivity index (χ1) is 9.53. The maximum atomic E-state index is 5.74. The molecule has 1 heterocycles. The molecule has 2 aromatic rings. The second kappa shape index (κ2) is 6.32. The molecular formula is C15H20N2O3. The van der Waals surface area contributed by atoms with Gasteiger partial charge in [-0.3, -0.25) is 0 Å². The standard InChI is InChI=1S/C15H20N2O3/c1-15(2,3)20-14-7-5-13(6-8-14)18-11-12-19-17-10-4-9-16-17/h4-10H,11-12H2,1-3H3. The number of benzene rings is 1. The second-order valence-electron chi connectivity index (χ2n) is 5.28. The molecule has 0 fully saturated rings. The summed E-state index contributed by atoms with van der Waals surface area (Å²) < 4.78 is 11.3. The Kier molecular flexibility index (Phi) is 4.50. The molecule has 0 radical (unpaired) electrons. The zero-order chi connectivity index (χ0) is 14.4. The molecule has 108 valence electrons. The molecule has 2 rings (SSSR count). The number of hydrogen-bond acceptors (Lipinski definition) is 4. The molecule has 0 atom stereocenters. The van der Waals surface area contributed by atoms with Gasteiger partial charge in [-0.05, 0) is 51.1 Å². The van der Waals surface area contributed by atoms with Crippen molar-refractivity contribution in [1.29, 1.82) is 0 Å². The predicted octanol–water partition coefficient (Wildman–Crippen LogP) is 2.57. The molecule has 0 aliphatic rings. The van der Waals surface area contributed by atoms with E-state index in [0.29, 0.717) is 13.2 Å². The van der Waals surface area contributed by atoms with Gasteiger partial charge in [-0.2, -0.15) is 0 Å². The zero-order valence-corrected chi connectivity index (χ0v) is 12.1. The van der Waals surface area contributed by atoms with E-state index < -0.39 is 0 Å². The molecule has 5 heteroatoms. The fourth-order valence-corrected chi connectivity index (χ4v) is 1.58. The van der Waals surface area contributed by atoms with Crippen LogP contribution in [0.1, 0.15) is 20.8 Å². The lowest BCUT2D eigenvalue weighted by molar-refractivity contribution is 0.0596. The van der Waals surface area contributed by atoms with E-state index in [4.69, 9.17) is 14.3 Å². The molecule has 0 unspecified atom stereocenters. The molecule has 1 aromatic heterocycles. The highest BCUT2D eigenvalue weighted by atomic mass is 16.7. The highest BCUT2D eigenvalue weighted by Gasteiger charge is 2.11. The number of hydrogen-bond donors (Lipinski definition) is 0. The third-order valence-corrected chi connectivity index (χ3v) is 2.30. The van der Waals surface area contributed by atoms with Crippen molar-refractivity contribution in [2.45, 2.75) is 26.4 Å². The van der Waals surface area contributed by atoms with Crippen LogP contribution in [0.15, 0.2) is 42.7 Å². The summed E-state index contributed by atoms with van der Waals surface area (Å²) in [7, 11) is 0. The lowest BCUT2D eigenvalue weighted by atomic mass is 10.2. The van der Waals surface area contributed by atoms with Gasteiger partial charge in [0.1, 0.15) is 23.7 Å². The van der Waals surface area contributed by atoms with Crippen LogP contribution in [0.25, 0.3) is 0 Å². The van der Waals surface area contributed by atoms with Crippen LogP contribution < -0.4 is 14.3 Å². The largest absolute Gasteiger partial charge is 0.490 e. The van der Waals surface area contributed by atoms with E-state index in [2.05, 4.69) is 5.10 Å². The van der Waals surface area contributed by atoms with Gasteiger partial charge < -0.3 is 14.3 Å². The summed E-state index contributed by atoms with van der Waals surface area (Å²) in [5.41, 5.74) is -0.194. The third-order valence-electron chi connectivity index (χ3n) is 2.30. The first-order valence-electron chi connectivity index (χ1n) is 6.58. The van der Waals surface area contributed by atoms with Crippen molar-refractivity contribution in [3.05, 3.63) is 42.7 Å². The SMILES string of the molecule is CC(C)(C)Oc1ccc(OCCOn2cccn2)cc1. The summed E-state index contributed by atoms with van der Waals surface area (Å²) in [6.07, 6.45) is 3.40. The van der Waals surface area contributed by atoms with Gasteiger partial charge in [-0.1, -0.05) is 0 Å². The Morgan fingerprint density at radius 3 is 2.35 bits per heavy atom. The van der Waals surface area contributed by atoms with Crippen molar-refractivity contribution < 1.29 is 14.3 Å². The predicted molar refractivity (Wildman–Crippen MR) is 76.0 cm³/mol. The number of ether oxygens (including phenoxy) is 2. The van der Waals surface area contributed by atoms with Gasteiger partial charge in [0.05, 0.1) is 12.4 Å². The van der Waals surface area contributed by atoms with Gasteiger partial charge >= 0.3 is 0 Å². The van der Waals surface area contributed by atoms with E-state index in [1.165, 1.54) is 4.85 Å². The summed E-state index contributed by atoms with van der Waals surface area (Å²) in [5, 5.41) is 3.93. The van der Waals surface area contributed by atoms with Crippen molar-refractivity contribution in [3.8, 4) is 11.5 Å². The van der Waals surface area contributed by atoms with Crippen LogP contribution in [-0.4, -0.2) is 28.8 Å². The minimum Gasteiger partial charge on any atom is -0.490 e. The van der Waals surface area contributed by atoms with Crippen molar-refractivity contribution in [1.82, 2.24) is 9.94 Å². The fourth-order valence-electron chi connectivity index (χ4n) is 1.58. The molecule has 0 saturated heterocycles. The normalized spacial score (nSPS) is 11.2. The molecule has 0 saturated carbocycles. The van der Waals surface area contributed by atoms with E-state index in [9.17, 15) is 0 Å². The lowest BCUT2D eigenvalue weighted by Crippen LogP contribution is -2.22. The first kappa shape index (κ1) is 14.2. The van der Waals surface area contributed by atoms with E-state index in [0.717, 1.165) is 11.5 Å². The van der Waals surface area contributed by atoms with E-state index in [1.54, 1.807) is 18.5 Å². The Balaban J connectivity index is 1.73. The van der Waals surface area contributed by atoms with Crippen LogP contribution in [0.5, 0.6) is 11.5 Å². The summed E-state index contributed by atoms with van der Waals surface area (Å²) in [6.45, 7) is 6.94. The minimum absolute atomic E-state index is 0.194. The average Bonchev–Trinajstić information content (AvgIpc) is 2.88. The topological polar surface area (TPSA) is 45.5 Å². The Bertz CT molecular complexity index is 501. The van der Waals surface area contributed by atoms with Crippen LogP contribution in [0, 0.1) is 0 Å². The first-order valence-corrected chi connectivity index (χ1v) is 6.58. The Morgan fingerprint density at radius 2 is 1.75 bits per heavy atom. The van der Waals surface area contributed by atoms with Crippen LogP contribution in [0.4, 0.5) is 0 Å². The smallest absolute Gasteiger partial charge is 0.151 e. The van der Waals surface area contributed by atoms with Crippen molar-refractivity contribution in [3.63, 3.8) is 0 Å². The fraction of sp³-hybridized carbons (Fsp3) is 0.400. The second-order valence-corrected chi connectivity index (χ2v) is 5.28. The number of aromatic nitrogens is 2. The Labute approximate surface area is 119 Å². The quantitative estimate of drug-likeness (QED) is 0.761. The van der Waals surface area contributed by atoms with Crippen LogP contribution in [0.3, 0.4) is 0 Å². The molecule has 20 heavy (non-hydrogen) atoms. The summed E-state index contributed by atoms with van der Waals surface area (Å²) in [5.74, 6) is 1.62. The maximum Gasteiger partial charge on any atom is 0.151 e. The minimum atomic E-state index is -0.194. The summed E-state index contributed by atoms with van der Waals surface area (Å²) in [6, 6.07) is 9.36. The number of rotatable bonds is 6. The van der Waals surface area contributed by atoms with Crippen molar-refractivity contribution in [2.75, 3.05) is 13.2 Å². The molecule has 0 aliphatic heterocycles. The highest BCUT2D eigenvalue weighted by molar-refractivity contribution is 5.31. The van der Waals surface area contributed by atoms with Gasteiger partial charge in [0.2, 0.25) is 0 Å². The van der Waals surface area contributed by atoms with Gasteiger partial charge in [-0.15, -0.1) is 9.94 Å². The molecule has 1 aromatic carbocycles. The lowest BCUT2D eigenvalue weighted by Gasteiger charge is -2.21. The van der Waals surface area contributed by atoms with Crippen LogP contribution in [0.2, 0.25) is 0 Å². The molecular weight excluding hydrogens is 256 g/mol. The molecule has 0 bridgehead atoms. The number of nitrogens with zero attached hydrogens (tertiary/aromatic N) is 2. The van der Waals surface area contributed by atoms with E-state index in [-0.39, 0.29) is 5.60 Å². The summed E-state index contributed by atoms with van der Waals surface area (Å²) in [4.78, 5) is 6.72. The zero-order valence-electron chi connectivity index (χ0n) is 12.1. The Morgan fingerprint density at radius 1 is 1.05 bits per heavy atom. The van der Waals surface area contributed by atoms with Gasteiger partial charge in [0, 0.05) is 0 Å². The maximum absolute atomic E-state index is 5.74. The van der Waals surface area contributed by atoms with Crippen molar-refractivity contribution >= 4 is 0 Å². The highest BCUT2D eigenvalue weighted by Crippen LogP contribution is 2.21. The van der Waals surface area contributed by atoms with Gasteiger partial charge in [0.25, 0.3) is 0 Å². The molecule has 0 aliphatic carbocycles. The van der Waals surface area contributed by atoms with Gasteiger partial charge in [-0.25, -0.2) is 0 Å². The van der Waals surface area contributed by atoms with Gasteiger partial charge in [0.15, 0.2) is 6.61 Å². The average molecular weight is 276 g/mol. The monoisotopic (exact) mass is 276 g/mol. The van der Waals surface area contributed by atoms with Crippen molar-refractivity contribution in [2.24, 2.45) is 0 Å². The Hall–Kier alpha value is -2.17. The third kappa shape index (κ3) is 4.84. The van der Waals surface area contributed by atoms with E-state index >= 15 is 0 Å². The molecule has 5 nitrogen and oxygen atoms in total. The molecule has 0 amide bonds. The van der Waals surface area contributed by atoms with Crippen LogP contribution in [-0.2, 0) is 0 Å².